The van der Waals surface area contributed by atoms with Crippen LogP contribution < -0.4 is 8.51 Å². The molecular formula is C21H22N2STe. The van der Waals surface area contributed by atoms with Gasteiger partial charge in [-0.15, -0.1) is 0 Å². The third kappa shape index (κ3) is 3.13. The summed E-state index contributed by atoms with van der Waals surface area (Å²) in [5, 5.41) is 2.18. The van der Waals surface area contributed by atoms with Gasteiger partial charge in [0.1, 0.15) is 0 Å². The van der Waals surface area contributed by atoms with Gasteiger partial charge in [0.15, 0.2) is 0 Å². The van der Waals surface area contributed by atoms with E-state index in [9.17, 15) is 0 Å². The molecule has 1 unspecified atom stereocenters. The molecule has 0 N–H and O–H groups in total. The molecule has 0 saturated heterocycles. The first-order valence-corrected chi connectivity index (χ1v) is 11.6. The molecule has 4 heteroatoms. The maximum absolute atomic E-state index is 2.48. The van der Waals surface area contributed by atoms with Crippen LogP contribution in [0.5, 0.6) is 0 Å². The number of allylic oxidation sites excluding steroid dienone is 3. The number of fused-ring (bicyclic) bond motifs is 2. The van der Waals surface area contributed by atoms with Gasteiger partial charge in [0.05, 0.1) is 0 Å². The average molecular weight is 462 g/mol. The predicted octanol–water partition coefficient (Wildman–Crippen LogP) is 3.34. The van der Waals surface area contributed by atoms with Crippen molar-refractivity contribution in [3.8, 4) is 0 Å². The SMILES string of the molecule is CN(C)c1ccc2c(c1)[Te]C1=CC(N(C)C)C=CC1=C2c1cccs1. The van der Waals surface area contributed by atoms with E-state index in [0.29, 0.717) is 6.04 Å². The second-order valence-electron chi connectivity index (χ2n) is 6.79. The summed E-state index contributed by atoms with van der Waals surface area (Å²) in [6.45, 7) is 0. The molecule has 1 atom stereocenters. The first kappa shape index (κ1) is 17.1. The summed E-state index contributed by atoms with van der Waals surface area (Å²) in [6, 6.07) is 11.8. The zero-order chi connectivity index (χ0) is 17.6. The Morgan fingerprint density at radius 2 is 1.92 bits per heavy atom. The van der Waals surface area contributed by atoms with Gasteiger partial charge in [0, 0.05) is 0 Å². The normalized spacial score (nSPS) is 18.9. The fourth-order valence-electron chi connectivity index (χ4n) is 3.22. The second kappa shape index (κ2) is 6.78. The predicted molar refractivity (Wildman–Crippen MR) is 111 cm³/mol. The van der Waals surface area contributed by atoms with Crippen molar-refractivity contribution in [2.24, 2.45) is 0 Å². The molecule has 0 bridgehead atoms. The van der Waals surface area contributed by atoms with E-state index in [4.69, 9.17) is 0 Å². The van der Waals surface area contributed by atoms with Crippen molar-refractivity contribution in [3.05, 3.63) is 73.6 Å². The van der Waals surface area contributed by atoms with Crippen molar-refractivity contribution >= 4 is 47.1 Å². The van der Waals surface area contributed by atoms with Crippen LogP contribution in [0.15, 0.2) is 63.1 Å². The Hall–Kier alpha value is -1.31. The summed E-state index contributed by atoms with van der Waals surface area (Å²) in [4.78, 5) is 5.86. The number of benzene rings is 1. The molecule has 1 aromatic heterocycles. The van der Waals surface area contributed by atoms with Gasteiger partial charge in [-0.2, -0.15) is 0 Å². The van der Waals surface area contributed by atoms with Crippen molar-refractivity contribution in [1.82, 2.24) is 4.90 Å². The fourth-order valence-corrected chi connectivity index (χ4v) is 7.40. The third-order valence-corrected chi connectivity index (χ3v) is 8.77. The molecule has 2 nitrogen and oxygen atoms in total. The van der Waals surface area contributed by atoms with Crippen molar-refractivity contribution in [2.75, 3.05) is 33.1 Å². The minimum atomic E-state index is -0.376. The van der Waals surface area contributed by atoms with E-state index in [1.165, 1.54) is 27.3 Å². The summed E-state index contributed by atoms with van der Waals surface area (Å²) in [6.07, 6.45) is 7.18. The van der Waals surface area contributed by atoms with Crippen LogP contribution in [0.4, 0.5) is 5.69 Å². The maximum atomic E-state index is 2.48. The van der Waals surface area contributed by atoms with Crippen LogP contribution in [-0.2, 0) is 0 Å². The quantitative estimate of drug-likeness (QED) is 0.647. The number of hydrogen-bond donors (Lipinski definition) is 0. The Morgan fingerprint density at radius 3 is 2.60 bits per heavy atom. The Bertz CT molecular complexity index is 889. The van der Waals surface area contributed by atoms with E-state index in [2.05, 4.69) is 91.9 Å². The molecule has 2 aliphatic rings. The van der Waals surface area contributed by atoms with Gasteiger partial charge >= 0.3 is 165 Å². The zero-order valence-corrected chi connectivity index (χ0v) is 18.1. The van der Waals surface area contributed by atoms with Gasteiger partial charge in [0.25, 0.3) is 0 Å². The Labute approximate surface area is 164 Å². The number of thiophene rings is 1. The van der Waals surface area contributed by atoms with E-state index in [-0.39, 0.29) is 20.9 Å². The van der Waals surface area contributed by atoms with Crippen LogP contribution in [-0.4, -0.2) is 60.1 Å². The Balaban J connectivity index is 1.92. The second-order valence-corrected chi connectivity index (χ2v) is 10.8. The van der Waals surface area contributed by atoms with Crippen LogP contribution in [0.3, 0.4) is 0 Å². The molecule has 0 fully saturated rings. The van der Waals surface area contributed by atoms with Crippen molar-refractivity contribution in [1.29, 1.82) is 0 Å². The molecule has 0 spiro atoms. The molecular weight excluding hydrogens is 440 g/mol. The average Bonchev–Trinajstić information content (AvgIpc) is 3.12. The van der Waals surface area contributed by atoms with E-state index in [1.807, 2.05) is 11.3 Å². The first-order valence-electron chi connectivity index (χ1n) is 8.39. The van der Waals surface area contributed by atoms with E-state index in [1.54, 1.807) is 7.23 Å². The third-order valence-electron chi connectivity index (χ3n) is 4.65. The number of likely N-dealkylation sites (N-methyl/N-ethyl adjacent to an activating group) is 1. The Morgan fingerprint density at radius 1 is 1.08 bits per heavy atom. The van der Waals surface area contributed by atoms with Gasteiger partial charge in [-0.1, -0.05) is 0 Å². The number of rotatable bonds is 3. The summed E-state index contributed by atoms with van der Waals surface area (Å²) in [5.74, 6) is 0. The molecule has 2 heterocycles. The van der Waals surface area contributed by atoms with Crippen LogP contribution in [0, 0.1) is 0 Å². The molecule has 0 amide bonds. The minimum absolute atomic E-state index is 0.376. The molecule has 1 aromatic carbocycles. The molecule has 2 aromatic rings. The number of anilines is 1. The van der Waals surface area contributed by atoms with Crippen molar-refractivity contribution in [2.45, 2.75) is 6.04 Å². The van der Waals surface area contributed by atoms with Gasteiger partial charge in [-0.3, -0.25) is 0 Å². The van der Waals surface area contributed by atoms with Crippen LogP contribution in [0.25, 0.3) is 5.57 Å². The summed E-state index contributed by atoms with van der Waals surface area (Å²) < 4.78 is 3.14. The molecule has 1 aliphatic carbocycles. The van der Waals surface area contributed by atoms with Crippen LogP contribution in [0.1, 0.15) is 10.4 Å². The van der Waals surface area contributed by atoms with Crippen LogP contribution >= 0.6 is 11.3 Å². The number of hydrogen-bond acceptors (Lipinski definition) is 3. The summed E-state index contributed by atoms with van der Waals surface area (Å²) >= 11 is 1.47. The number of nitrogens with zero attached hydrogens (tertiary/aromatic N) is 2. The summed E-state index contributed by atoms with van der Waals surface area (Å²) in [7, 11) is 8.55. The van der Waals surface area contributed by atoms with Gasteiger partial charge in [0.2, 0.25) is 0 Å². The topological polar surface area (TPSA) is 6.48 Å². The van der Waals surface area contributed by atoms with Crippen molar-refractivity contribution in [3.63, 3.8) is 0 Å². The van der Waals surface area contributed by atoms with Gasteiger partial charge in [-0.05, 0) is 0 Å². The van der Waals surface area contributed by atoms with Gasteiger partial charge < -0.3 is 0 Å². The van der Waals surface area contributed by atoms with E-state index in [0.717, 1.165) is 0 Å². The molecule has 128 valence electrons. The fraction of sp³-hybridized carbons (Fsp3) is 0.238. The molecule has 1 aliphatic heterocycles. The zero-order valence-electron chi connectivity index (χ0n) is 15.0. The standard InChI is InChI=1S/C21H22N2STe/c1-22(2)14-7-9-16-19(12-14)25-20-13-15(23(3)4)8-10-17(20)21(16)18-6-5-11-24-18/h5-14H,1-4H3. The molecule has 25 heavy (non-hydrogen) atoms. The molecule has 4 rings (SSSR count). The molecule has 0 radical (unpaired) electrons. The monoisotopic (exact) mass is 464 g/mol. The summed E-state index contributed by atoms with van der Waals surface area (Å²) in [5.41, 5.74) is 5.61. The van der Waals surface area contributed by atoms with E-state index < -0.39 is 0 Å². The first-order chi connectivity index (χ1) is 12.0. The van der Waals surface area contributed by atoms with E-state index >= 15 is 0 Å². The van der Waals surface area contributed by atoms with Gasteiger partial charge in [-0.25, -0.2) is 0 Å². The van der Waals surface area contributed by atoms with Crippen LogP contribution in [0.2, 0.25) is 0 Å². The van der Waals surface area contributed by atoms with Crippen molar-refractivity contribution < 1.29 is 0 Å². The Kier molecular flexibility index (Phi) is 4.64. The molecule has 0 saturated carbocycles.